The van der Waals surface area contributed by atoms with Crippen molar-refractivity contribution in [3.05, 3.63) is 39.5 Å². The molecule has 2 heterocycles. The Morgan fingerprint density at radius 2 is 2.00 bits per heavy atom. The van der Waals surface area contributed by atoms with Crippen molar-refractivity contribution in [1.29, 1.82) is 0 Å². The van der Waals surface area contributed by atoms with Crippen molar-refractivity contribution in [1.82, 2.24) is 14.1 Å². The van der Waals surface area contributed by atoms with Crippen molar-refractivity contribution in [2.24, 2.45) is 7.05 Å². The molecule has 0 saturated carbocycles. The van der Waals surface area contributed by atoms with Crippen LogP contribution in [0.1, 0.15) is 5.56 Å². The van der Waals surface area contributed by atoms with Crippen LogP contribution in [0.2, 0.25) is 30.8 Å². The zero-order chi connectivity index (χ0) is 17.2. The van der Waals surface area contributed by atoms with Gasteiger partial charge in [0.2, 0.25) is 0 Å². The Balaban J connectivity index is 2.19. The highest BCUT2D eigenvalue weighted by Crippen LogP contribution is 2.21. The SMILES string of the molecule is Cc1cc(-c2nc(Cl)cn2COCC[Si](C)(C)C)cn(C)c1=O. The fourth-order valence-corrected chi connectivity index (χ4v) is 3.21. The summed E-state index contributed by atoms with van der Waals surface area (Å²) in [6.45, 7) is 9.90. The lowest BCUT2D eigenvalue weighted by atomic mass is 10.2. The van der Waals surface area contributed by atoms with Gasteiger partial charge >= 0.3 is 0 Å². The van der Waals surface area contributed by atoms with Crippen LogP contribution in [-0.2, 0) is 18.5 Å². The first-order valence-corrected chi connectivity index (χ1v) is 11.7. The van der Waals surface area contributed by atoms with Crippen LogP contribution in [0.4, 0.5) is 0 Å². The predicted octanol–water partition coefficient (Wildman–Crippen LogP) is 3.52. The van der Waals surface area contributed by atoms with Gasteiger partial charge in [-0.2, -0.15) is 0 Å². The summed E-state index contributed by atoms with van der Waals surface area (Å²) in [6, 6.07) is 2.95. The van der Waals surface area contributed by atoms with E-state index >= 15 is 0 Å². The van der Waals surface area contributed by atoms with Crippen LogP contribution in [0.15, 0.2) is 23.3 Å². The van der Waals surface area contributed by atoms with E-state index < -0.39 is 8.07 Å². The van der Waals surface area contributed by atoms with E-state index in [1.165, 1.54) is 0 Å². The summed E-state index contributed by atoms with van der Waals surface area (Å²) in [7, 11) is 0.631. The van der Waals surface area contributed by atoms with Crippen LogP contribution >= 0.6 is 11.6 Å². The highest BCUT2D eigenvalue weighted by molar-refractivity contribution is 6.76. The summed E-state index contributed by atoms with van der Waals surface area (Å²) in [5.41, 5.74) is 1.52. The lowest BCUT2D eigenvalue weighted by molar-refractivity contribution is 0.0883. The molecule has 0 atom stereocenters. The molecule has 0 aliphatic rings. The molecular weight excluding hydrogens is 330 g/mol. The molecule has 0 amide bonds. The molecule has 5 nitrogen and oxygen atoms in total. The van der Waals surface area contributed by atoms with Gasteiger partial charge in [-0.1, -0.05) is 31.2 Å². The maximum atomic E-state index is 11.8. The quantitative estimate of drug-likeness (QED) is 0.589. The van der Waals surface area contributed by atoms with Crippen LogP contribution in [0.5, 0.6) is 0 Å². The van der Waals surface area contributed by atoms with Crippen LogP contribution in [0.3, 0.4) is 0 Å². The molecule has 126 valence electrons. The van der Waals surface area contributed by atoms with Crippen molar-refractivity contribution in [2.45, 2.75) is 39.3 Å². The topological polar surface area (TPSA) is 49.0 Å². The zero-order valence-corrected chi connectivity index (χ0v) is 16.1. The van der Waals surface area contributed by atoms with Crippen LogP contribution in [0.25, 0.3) is 11.4 Å². The number of aryl methyl sites for hydroxylation is 2. The smallest absolute Gasteiger partial charge is 0.253 e. The standard InChI is InChI=1S/C16H24ClN3O2Si/c1-12-8-13(9-19(2)16(12)21)15-18-14(17)10-20(15)11-22-6-7-23(3,4)5/h8-10H,6-7,11H2,1-5H3. The summed E-state index contributed by atoms with van der Waals surface area (Å²) >= 11 is 6.06. The first-order chi connectivity index (χ1) is 10.7. The van der Waals surface area contributed by atoms with E-state index in [1.54, 1.807) is 30.9 Å². The summed E-state index contributed by atoms with van der Waals surface area (Å²) in [4.78, 5) is 16.2. The van der Waals surface area contributed by atoms with E-state index in [2.05, 4.69) is 24.6 Å². The second-order valence-electron chi connectivity index (χ2n) is 7.03. The highest BCUT2D eigenvalue weighted by atomic mass is 35.5. The molecule has 2 aromatic rings. The van der Waals surface area contributed by atoms with Gasteiger partial charge < -0.3 is 13.9 Å². The summed E-state index contributed by atoms with van der Waals surface area (Å²) in [5, 5.41) is 0.417. The molecule has 0 bridgehead atoms. The number of halogens is 1. The number of nitrogens with zero attached hydrogens (tertiary/aromatic N) is 3. The van der Waals surface area contributed by atoms with Gasteiger partial charge in [0.25, 0.3) is 5.56 Å². The van der Waals surface area contributed by atoms with Crippen LogP contribution in [-0.4, -0.2) is 28.8 Å². The molecule has 2 aromatic heterocycles. The second kappa shape index (κ2) is 7.03. The highest BCUT2D eigenvalue weighted by Gasteiger charge is 2.14. The van der Waals surface area contributed by atoms with Crippen LogP contribution in [0, 0.1) is 6.92 Å². The van der Waals surface area contributed by atoms with Crippen molar-refractivity contribution < 1.29 is 4.74 Å². The molecule has 0 aromatic carbocycles. The Kier molecular flexibility index (Phi) is 5.49. The van der Waals surface area contributed by atoms with Gasteiger partial charge in [-0.25, -0.2) is 4.98 Å². The molecule has 7 heteroatoms. The van der Waals surface area contributed by atoms with E-state index in [9.17, 15) is 4.79 Å². The number of pyridine rings is 1. The van der Waals surface area contributed by atoms with Gasteiger partial charge in [0, 0.05) is 45.2 Å². The number of imidazole rings is 1. The average molecular weight is 354 g/mol. The monoisotopic (exact) mass is 353 g/mol. The lowest BCUT2D eigenvalue weighted by Gasteiger charge is -2.16. The normalized spacial score (nSPS) is 11.9. The molecule has 0 radical (unpaired) electrons. The van der Waals surface area contributed by atoms with Crippen molar-refractivity contribution in [3.8, 4) is 11.4 Å². The Morgan fingerprint density at radius 3 is 2.61 bits per heavy atom. The predicted molar refractivity (Wildman–Crippen MR) is 96.8 cm³/mol. The minimum atomic E-state index is -1.10. The van der Waals surface area contributed by atoms with E-state index in [4.69, 9.17) is 16.3 Å². The number of rotatable bonds is 6. The Labute approximate surface area is 142 Å². The van der Waals surface area contributed by atoms with Crippen molar-refractivity contribution in [3.63, 3.8) is 0 Å². The molecular formula is C16H24ClN3O2Si. The fourth-order valence-electron chi connectivity index (χ4n) is 2.25. The fraction of sp³-hybridized carbons (Fsp3) is 0.500. The van der Waals surface area contributed by atoms with E-state index in [1.807, 2.05) is 10.6 Å². The zero-order valence-electron chi connectivity index (χ0n) is 14.4. The summed E-state index contributed by atoms with van der Waals surface area (Å²) in [6.07, 6.45) is 3.53. The molecule has 0 aliphatic heterocycles. The molecule has 0 N–H and O–H groups in total. The van der Waals surface area contributed by atoms with Gasteiger partial charge in [-0.3, -0.25) is 4.79 Å². The van der Waals surface area contributed by atoms with Gasteiger partial charge in [-0.05, 0) is 19.0 Å². The van der Waals surface area contributed by atoms with E-state index in [0.717, 1.165) is 18.2 Å². The van der Waals surface area contributed by atoms with Gasteiger partial charge in [0.05, 0.1) is 0 Å². The van der Waals surface area contributed by atoms with Crippen molar-refractivity contribution in [2.75, 3.05) is 6.61 Å². The van der Waals surface area contributed by atoms with Gasteiger partial charge in [0.15, 0.2) is 0 Å². The number of hydrogen-bond acceptors (Lipinski definition) is 3. The molecule has 2 rings (SSSR count). The number of ether oxygens (including phenoxy) is 1. The largest absolute Gasteiger partial charge is 0.361 e. The second-order valence-corrected chi connectivity index (χ2v) is 13.0. The number of aromatic nitrogens is 3. The first-order valence-electron chi connectivity index (χ1n) is 7.65. The summed E-state index contributed by atoms with van der Waals surface area (Å²) < 4.78 is 9.23. The maximum Gasteiger partial charge on any atom is 0.253 e. The minimum Gasteiger partial charge on any atom is -0.361 e. The Hall–Kier alpha value is -1.37. The Bertz CT molecular complexity index is 721. The minimum absolute atomic E-state index is 0.00987. The molecule has 23 heavy (non-hydrogen) atoms. The van der Waals surface area contributed by atoms with E-state index in [0.29, 0.717) is 23.3 Å². The average Bonchev–Trinajstić information content (AvgIpc) is 2.80. The molecule has 0 spiro atoms. The van der Waals surface area contributed by atoms with Crippen molar-refractivity contribution >= 4 is 19.7 Å². The molecule has 0 fully saturated rings. The number of hydrogen-bond donors (Lipinski definition) is 0. The van der Waals surface area contributed by atoms with Gasteiger partial charge in [0.1, 0.15) is 17.7 Å². The lowest BCUT2D eigenvalue weighted by Crippen LogP contribution is -2.22. The molecule has 0 aliphatic carbocycles. The van der Waals surface area contributed by atoms with Gasteiger partial charge in [-0.15, -0.1) is 0 Å². The first kappa shape index (κ1) is 18.0. The third-order valence-corrected chi connectivity index (χ3v) is 5.48. The van der Waals surface area contributed by atoms with Crippen LogP contribution < -0.4 is 5.56 Å². The third-order valence-electron chi connectivity index (χ3n) is 3.59. The molecule has 0 unspecified atom stereocenters. The molecule has 0 saturated heterocycles. The Morgan fingerprint density at radius 1 is 1.30 bits per heavy atom. The third kappa shape index (κ3) is 4.80. The maximum absolute atomic E-state index is 11.8. The summed E-state index contributed by atoms with van der Waals surface area (Å²) in [5.74, 6) is 0.710. The van der Waals surface area contributed by atoms with E-state index in [-0.39, 0.29) is 5.56 Å².